The molecule has 0 radical (unpaired) electrons. The van der Waals surface area contributed by atoms with Gasteiger partial charge in [0, 0.05) is 11.3 Å². The van der Waals surface area contributed by atoms with Crippen LogP contribution in [0.3, 0.4) is 0 Å². The second-order valence-electron chi connectivity index (χ2n) is 4.02. The quantitative estimate of drug-likeness (QED) is 0.704. The van der Waals surface area contributed by atoms with Crippen LogP contribution in [0.15, 0.2) is 24.3 Å². The number of amides is 1. The van der Waals surface area contributed by atoms with Gasteiger partial charge in [0.05, 0.1) is 0 Å². The number of nitrogens with one attached hydrogen (secondary N) is 1. The van der Waals surface area contributed by atoms with Crippen molar-refractivity contribution in [1.29, 1.82) is 0 Å². The second-order valence-corrected chi connectivity index (χ2v) is 4.02. The Morgan fingerprint density at radius 3 is 2.64 bits per heavy atom. The number of carbonyl (C=O) groups is 1. The highest BCUT2D eigenvalue weighted by atomic mass is 16.2. The van der Waals surface area contributed by atoms with Gasteiger partial charge in [0.1, 0.15) is 5.54 Å². The van der Waals surface area contributed by atoms with Gasteiger partial charge in [0.2, 0.25) is 5.91 Å². The standard InChI is InChI=1S/C11H14N2O/c1-7(2)11(12)8-5-3-4-6-9(8)13-10(11)14/h3-7H,12H2,1-2H3,(H,13,14)/t11-/m1/s1. The maximum atomic E-state index is 11.8. The SMILES string of the molecule is CC(C)[C@]1(N)C(=O)Nc2ccccc21. The van der Waals surface area contributed by atoms with Gasteiger partial charge >= 0.3 is 0 Å². The minimum absolute atomic E-state index is 0.0890. The van der Waals surface area contributed by atoms with E-state index in [1.165, 1.54) is 0 Å². The van der Waals surface area contributed by atoms with E-state index in [9.17, 15) is 4.79 Å². The Labute approximate surface area is 83.3 Å². The van der Waals surface area contributed by atoms with E-state index in [2.05, 4.69) is 5.32 Å². The zero-order chi connectivity index (χ0) is 10.3. The Kier molecular flexibility index (Phi) is 1.86. The molecule has 0 unspecified atom stereocenters. The van der Waals surface area contributed by atoms with E-state index in [0.29, 0.717) is 0 Å². The molecule has 3 N–H and O–H groups in total. The minimum atomic E-state index is -0.864. The van der Waals surface area contributed by atoms with Crippen molar-refractivity contribution in [2.75, 3.05) is 5.32 Å². The van der Waals surface area contributed by atoms with E-state index in [0.717, 1.165) is 11.3 Å². The molecule has 1 atom stereocenters. The number of rotatable bonds is 1. The van der Waals surface area contributed by atoms with Crippen molar-refractivity contribution in [3.63, 3.8) is 0 Å². The normalized spacial score (nSPS) is 25.0. The van der Waals surface area contributed by atoms with E-state index in [1.54, 1.807) is 0 Å². The lowest BCUT2D eigenvalue weighted by molar-refractivity contribution is -0.122. The third kappa shape index (κ3) is 0.990. The van der Waals surface area contributed by atoms with Crippen molar-refractivity contribution in [3.05, 3.63) is 29.8 Å². The predicted octanol–water partition coefficient (Wildman–Crippen LogP) is 1.45. The van der Waals surface area contributed by atoms with Crippen molar-refractivity contribution >= 4 is 11.6 Å². The molecule has 1 amide bonds. The first-order valence-corrected chi connectivity index (χ1v) is 4.76. The van der Waals surface area contributed by atoms with Crippen molar-refractivity contribution in [2.24, 2.45) is 11.7 Å². The van der Waals surface area contributed by atoms with E-state index in [4.69, 9.17) is 5.73 Å². The Bertz CT molecular complexity index is 387. The molecule has 0 bridgehead atoms. The summed E-state index contributed by atoms with van der Waals surface area (Å²) in [6, 6.07) is 7.59. The molecule has 2 rings (SSSR count). The first-order valence-electron chi connectivity index (χ1n) is 4.76. The van der Waals surface area contributed by atoms with Crippen LogP contribution < -0.4 is 11.1 Å². The fraction of sp³-hybridized carbons (Fsp3) is 0.364. The lowest BCUT2D eigenvalue weighted by atomic mass is 9.82. The molecule has 1 aliphatic rings. The van der Waals surface area contributed by atoms with Crippen LogP contribution in [0.5, 0.6) is 0 Å². The Balaban J connectivity index is 2.60. The summed E-state index contributed by atoms with van der Waals surface area (Å²) in [5.41, 5.74) is 7.02. The summed E-state index contributed by atoms with van der Waals surface area (Å²) in [5, 5.41) is 2.81. The molecule has 14 heavy (non-hydrogen) atoms. The van der Waals surface area contributed by atoms with Crippen molar-refractivity contribution in [2.45, 2.75) is 19.4 Å². The number of para-hydroxylation sites is 1. The van der Waals surface area contributed by atoms with E-state index in [-0.39, 0.29) is 11.8 Å². The van der Waals surface area contributed by atoms with E-state index < -0.39 is 5.54 Å². The van der Waals surface area contributed by atoms with Crippen LogP contribution in [0.25, 0.3) is 0 Å². The summed E-state index contributed by atoms with van der Waals surface area (Å²) < 4.78 is 0. The largest absolute Gasteiger partial charge is 0.324 e. The molecule has 0 aliphatic carbocycles. The number of anilines is 1. The highest BCUT2D eigenvalue weighted by Gasteiger charge is 2.45. The molecular formula is C11H14N2O. The molecule has 3 nitrogen and oxygen atoms in total. The van der Waals surface area contributed by atoms with Crippen LogP contribution in [0, 0.1) is 5.92 Å². The van der Waals surface area contributed by atoms with Gasteiger partial charge < -0.3 is 11.1 Å². The van der Waals surface area contributed by atoms with Crippen molar-refractivity contribution in [1.82, 2.24) is 0 Å². The van der Waals surface area contributed by atoms with Crippen LogP contribution in [-0.4, -0.2) is 5.91 Å². The van der Waals surface area contributed by atoms with Gasteiger partial charge in [0.25, 0.3) is 0 Å². The molecule has 0 fully saturated rings. The van der Waals surface area contributed by atoms with Crippen LogP contribution >= 0.6 is 0 Å². The van der Waals surface area contributed by atoms with Crippen LogP contribution in [0.4, 0.5) is 5.69 Å². The van der Waals surface area contributed by atoms with Crippen LogP contribution in [0.2, 0.25) is 0 Å². The number of carbonyl (C=O) groups excluding carboxylic acids is 1. The number of fused-ring (bicyclic) bond motifs is 1. The minimum Gasteiger partial charge on any atom is -0.324 e. The summed E-state index contributed by atoms with van der Waals surface area (Å²) in [4.78, 5) is 11.8. The maximum Gasteiger partial charge on any atom is 0.249 e. The average molecular weight is 190 g/mol. The topological polar surface area (TPSA) is 55.1 Å². The highest BCUT2D eigenvalue weighted by Crippen LogP contribution is 2.38. The molecular weight excluding hydrogens is 176 g/mol. The van der Waals surface area contributed by atoms with Gasteiger partial charge in [-0.15, -0.1) is 0 Å². The average Bonchev–Trinajstić information content (AvgIpc) is 2.41. The fourth-order valence-electron chi connectivity index (χ4n) is 1.87. The lowest BCUT2D eigenvalue weighted by Crippen LogP contribution is -2.47. The third-order valence-corrected chi connectivity index (χ3v) is 2.91. The van der Waals surface area contributed by atoms with Gasteiger partial charge in [-0.1, -0.05) is 32.0 Å². The van der Waals surface area contributed by atoms with Crippen LogP contribution in [-0.2, 0) is 10.3 Å². The fourth-order valence-corrected chi connectivity index (χ4v) is 1.87. The van der Waals surface area contributed by atoms with Gasteiger partial charge in [-0.05, 0) is 12.0 Å². The molecule has 1 aromatic carbocycles. The second kappa shape index (κ2) is 2.82. The number of hydrogen-bond acceptors (Lipinski definition) is 2. The highest BCUT2D eigenvalue weighted by molar-refractivity contribution is 6.05. The summed E-state index contributed by atoms with van der Waals surface area (Å²) in [6.45, 7) is 3.92. The zero-order valence-corrected chi connectivity index (χ0v) is 8.37. The Morgan fingerprint density at radius 2 is 2.00 bits per heavy atom. The zero-order valence-electron chi connectivity index (χ0n) is 8.37. The summed E-state index contributed by atoms with van der Waals surface area (Å²) in [6.07, 6.45) is 0. The molecule has 3 heteroatoms. The van der Waals surface area contributed by atoms with E-state index >= 15 is 0 Å². The number of nitrogens with two attached hydrogens (primary N) is 1. The molecule has 74 valence electrons. The van der Waals surface area contributed by atoms with Crippen LogP contribution in [0.1, 0.15) is 19.4 Å². The van der Waals surface area contributed by atoms with Gasteiger partial charge in [0.15, 0.2) is 0 Å². The molecule has 1 heterocycles. The Hall–Kier alpha value is -1.35. The molecule has 1 aliphatic heterocycles. The molecule has 0 saturated heterocycles. The lowest BCUT2D eigenvalue weighted by Gasteiger charge is -2.26. The van der Waals surface area contributed by atoms with Crippen molar-refractivity contribution < 1.29 is 4.79 Å². The molecule has 0 spiro atoms. The maximum absolute atomic E-state index is 11.8. The number of benzene rings is 1. The molecule has 0 aromatic heterocycles. The smallest absolute Gasteiger partial charge is 0.249 e. The third-order valence-electron chi connectivity index (χ3n) is 2.91. The summed E-state index contributed by atoms with van der Waals surface area (Å²) in [5.74, 6) is -0.0140. The first kappa shape index (κ1) is 9.21. The van der Waals surface area contributed by atoms with Crippen molar-refractivity contribution in [3.8, 4) is 0 Å². The monoisotopic (exact) mass is 190 g/mol. The number of hydrogen-bond donors (Lipinski definition) is 2. The summed E-state index contributed by atoms with van der Waals surface area (Å²) >= 11 is 0. The van der Waals surface area contributed by atoms with Gasteiger partial charge in [-0.3, -0.25) is 4.79 Å². The summed E-state index contributed by atoms with van der Waals surface area (Å²) in [7, 11) is 0. The molecule has 1 aromatic rings. The first-order chi connectivity index (χ1) is 6.56. The van der Waals surface area contributed by atoms with E-state index in [1.807, 2.05) is 38.1 Å². The predicted molar refractivity (Wildman–Crippen MR) is 55.8 cm³/mol. The van der Waals surface area contributed by atoms with Gasteiger partial charge in [-0.2, -0.15) is 0 Å². The Morgan fingerprint density at radius 1 is 1.36 bits per heavy atom. The van der Waals surface area contributed by atoms with Gasteiger partial charge in [-0.25, -0.2) is 0 Å². The molecule has 0 saturated carbocycles.